The van der Waals surface area contributed by atoms with Crippen LogP contribution in [0.15, 0.2) is 85.6 Å². The topological polar surface area (TPSA) is 74.7 Å². The van der Waals surface area contributed by atoms with Gasteiger partial charge in [-0.1, -0.05) is 53.7 Å². The molecule has 0 saturated heterocycles. The third kappa shape index (κ3) is 4.52. The lowest BCUT2D eigenvalue weighted by atomic mass is 10.1. The number of thioether (sulfide) groups is 1. The molecule has 0 N–H and O–H groups in total. The maximum Gasteiger partial charge on any atom is 0.256 e. The van der Waals surface area contributed by atoms with Crippen LogP contribution < -0.4 is 14.9 Å². The molecule has 0 amide bonds. The van der Waals surface area contributed by atoms with Crippen molar-refractivity contribution < 1.29 is 18.3 Å². The smallest absolute Gasteiger partial charge is 0.256 e. The van der Waals surface area contributed by atoms with Gasteiger partial charge in [-0.2, -0.15) is 0 Å². The Morgan fingerprint density at radius 3 is 2.59 bits per heavy atom. The van der Waals surface area contributed by atoms with Gasteiger partial charge in [0, 0.05) is 17.4 Å². The summed E-state index contributed by atoms with van der Waals surface area (Å²) in [5.74, 6) is 1.99. The van der Waals surface area contributed by atoms with Crippen LogP contribution in [0.5, 0.6) is 11.5 Å². The lowest BCUT2D eigenvalue weighted by Gasteiger charge is -2.12. The van der Waals surface area contributed by atoms with Gasteiger partial charge in [0.05, 0.1) is 19.1 Å². The second kappa shape index (κ2) is 9.65. The molecular weight excluding hydrogens is 450 g/mol. The Hall–Kier alpha value is -3.71. The highest BCUT2D eigenvalue weighted by atomic mass is 32.2. The molecule has 0 fully saturated rings. The maximum atomic E-state index is 13.3. The lowest BCUT2D eigenvalue weighted by molar-refractivity contribution is 0.310. The van der Waals surface area contributed by atoms with E-state index in [2.05, 4.69) is 4.98 Å². The number of hydrogen-bond donors (Lipinski definition) is 0. The Bertz CT molecular complexity index is 1470. The van der Waals surface area contributed by atoms with Crippen molar-refractivity contribution in [3.63, 3.8) is 0 Å². The van der Waals surface area contributed by atoms with Crippen molar-refractivity contribution in [2.24, 2.45) is 0 Å². The number of benzene rings is 3. The van der Waals surface area contributed by atoms with Gasteiger partial charge in [-0.05, 0) is 37.6 Å². The molecule has 0 atom stereocenters. The second-order valence-electron chi connectivity index (χ2n) is 7.82. The van der Waals surface area contributed by atoms with E-state index in [-0.39, 0.29) is 11.2 Å². The second-order valence-corrected chi connectivity index (χ2v) is 8.86. The van der Waals surface area contributed by atoms with Crippen molar-refractivity contribution in [2.75, 3.05) is 19.5 Å². The lowest BCUT2D eigenvalue weighted by Crippen LogP contribution is -2.11. The number of aryl methyl sites for hydroxylation is 1. The highest BCUT2D eigenvalue weighted by Gasteiger charge is 2.18. The summed E-state index contributed by atoms with van der Waals surface area (Å²) in [6.45, 7) is 2.37. The first-order valence-corrected chi connectivity index (χ1v) is 11.9. The number of oxazole rings is 1. The molecule has 5 aromatic rings. The molecule has 0 aliphatic rings. The number of hydrogen-bond acceptors (Lipinski definition) is 7. The van der Waals surface area contributed by atoms with Crippen LogP contribution in [0.25, 0.3) is 33.4 Å². The normalized spacial score (nSPS) is 11.2. The molecule has 6 nitrogen and oxygen atoms in total. The predicted octanol–water partition coefficient (Wildman–Crippen LogP) is 6.48. The van der Waals surface area contributed by atoms with Crippen LogP contribution in [-0.4, -0.2) is 24.5 Å². The van der Waals surface area contributed by atoms with Crippen LogP contribution in [0.1, 0.15) is 12.0 Å². The van der Waals surface area contributed by atoms with Gasteiger partial charge in [-0.3, -0.25) is 4.79 Å². The Morgan fingerprint density at radius 1 is 0.971 bits per heavy atom. The number of methoxy groups -OCH3 is 1. The number of aromatic nitrogens is 1. The highest BCUT2D eigenvalue weighted by molar-refractivity contribution is 7.99. The fourth-order valence-corrected chi connectivity index (χ4v) is 4.36. The molecule has 0 bridgehead atoms. The van der Waals surface area contributed by atoms with Crippen molar-refractivity contribution in [3.05, 3.63) is 82.5 Å². The molecule has 0 aliphatic carbocycles. The van der Waals surface area contributed by atoms with Gasteiger partial charge in [0.2, 0.25) is 11.2 Å². The van der Waals surface area contributed by atoms with Crippen molar-refractivity contribution >= 4 is 33.8 Å². The summed E-state index contributed by atoms with van der Waals surface area (Å²) in [4.78, 5) is 17.8. The predicted molar refractivity (Wildman–Crippen MR) is 134 cm³/mol. The Labute approximate surface area is 200 Å². The van der Waals surface area contributed by atoms with E-state index in [1.165, 1.54) is 11.8 Å². The van der Waals surface area contributed by atoms with Crippen LogP contribution in [0, 0.1) is 6.92 Å². The standard InChI is InChI=1S/C27H23NO5S/c1-17-8-10-18(11-9-17)25-26(24(29)20-13-12-19(30-2)16-23(20)32-25)31-14-5-15-34-27-28-21-6-3-4-7-22(21)33-27/h3-4,6-13,16H,5,14-15H2,1-2H3. The number of nitrogens with zero attached hydrogens (tertiary/aromatic N) is 1. The molecule has 172 valence electrons. The van der Waals surface area contributed by atoms with E-state index in [4.69, 9.17) is 18.3 Å². The summed E-state index contributed by atoms with van der Waals surface area (Å²) in [5.41, 5.74) is 3.77. The quantitative estimate of drug-likeness (QED) is 0.189. The van der Waals surface area contributed by atoms with Crippen molar-refractivity contribution in [3.8, 4) is 22.8 Å². The third-order valence-corrected chi connectivity index (χ3v) is 6.32. The molecule has 7 heteroatoms. The van der Waals surface area contributed by atoms with Gasteiger partial charge in [-0.25, -0.2) is 4.98 Å². The largest absolute Gasteiger partial charge is 0.497 e. The highest BCUT2D eigenvalue weighted by Crippen LogP contribution is 2.32. The Balaban J connectivity index is 1.36. The number of para-hydroxylation sites is 2. The van der Waals surface area contributed by atoms with Crippen LogP contribution in [0.4, 0.5) is 0 Å². The van der Waals surface area contributed by atoms with Crippen LogP contribution in [-0.2, 0) is 0 Å². The first-order chi connectivity index (χ1) is 16.6. The molecule has 2 aromatic heterocycles. The zero-order chi connectivity index (χ0) is 23.5. The van der Waals surface area contributed by atoms with Gasteiger partial charge in [0.15, 0.2) is 11.3 Å². The number of fused-ring (bicyclic) bond motifs is 2. The van der Waals surface area contributed by atoms with E-state index in [1.807, 2.05) is 55.5 Å². The average Bonchev–Trinajstić information content (AvgIpc) is 3.28. The van der Waals surface area contributed by atoms with Gasteiger partial charge >= 0.3 is 0 Å². The molecule has 5 rings (SSSR count). The summed E-state index contributed by atoms with van der Waals surface area (Å²) >= 11 is 1.52. The maximum absolute atomic E-state index is 13.3. The van der Waals surface area contributed by atoms with E-state index in [1.54, 1.807) is 25.3 Å². The van der Waals surface area contributed by atoms with E-state index in [0.29, 0.717) is 40.7 Å². The van der Waals surface area contributed by atoms with Gasteiger partial charge in [0.1, 0.15) is 16.8 Å². The third-order valence-electron chi connectivity index (χ3n) is 5.41. The number of ether oxygens (including phenoxy) is 2. The number of rotatable bonds is 8. The minimum atomic E-state index is -0.203. The first-order valence-electron chi connectivity index (χ1n) is 11.0. The van der Waals surface area contributed by atoms with E-state index in [9.17, 15) is 4.79 Å². The molecule has 0 radical (unpaired) electrons. The Morgan fingerprint density at radius 2 is 1.79 bits per heavy atom. The zero-order valence-corrected chi connectivity index (χ0v) is 19.7. The first kappa shape index (κ1) is 22.1. The molecule has 0 saturated carbocycles. The minimum absolute atomic E-state index is 0.203. The van der Waals surface area contributed by atoms with E-state index < -0.39 is 0 Å². The van der Waals surface area contributed by atoms with Gasteiger partial charge in [-0.15, -0.1) is 0 Å². The average molecular weight is 474 g/mol. The van der Waals surface area contributed by atoms with Crippen LogP contribution in [0.3, 0.4) is 0 Å². The van der Waals surface area contributed by atoms with Crippen LogP contribution in [0.2, 0.25) is 0 Å². The van der Waals surface area contributed by atoms with Gasteiger partial charge < -0.3 is 18.3 Å². The fraction of sp³-hybridized carbons (Fsp3) is 0.185. The SMILES string of the molecule is COc1ccc2c(=O)c(OCCCSc3nc4ccccc4o3)c(-c3ccc(C)cc3)oc2c1. The van der Waals surface area contributed by atoms with Crippen molar-refractivity contribution in [1.82, 2.24) is 4.98 Å². The molecule has 0 spiro atoms. The monoisotopic (exact) mass is 473 g/mol. The van der Waals surface area contributed by atoms with Crippen molar-refractivity contribution in [2.45, 2.75) is 18.6 Å². The molecule has 0 unspecified atom stereocenters. The summed E-state index contributed by atoms with van der Waals surface area (Å²) < 4.78 is 23.2. The Kier molecular flexibility index (Phi) is 6.27. The molecule has 3 aromatic carbocycles. The fourth-order valence-electron chi connectivity index (χ4n) is 3.61. The molecule has 2 heterocycles. The minimum Gasteiger partial charge on any atom is -0.497 e. The summed E-state index contributed by atoms with van der Waals surface area (Å²) in [6, 6.07) is 20.7. The summed E-state index contributed by atoms with van der Waals surface area (Å²) in [7, 11) is 1.58. The van der Waals surface area contributed by atoms with E-state index in [0.717, 1.165) is 28.0 Å². The summed E-state index contributed by atoms with van der Waals surface area (Å²) in [6.07, 6.45) is 0.705. The summed E-state index contributed by atoms with van der Waals surface area (Å²) in [5, 5.41) is 1.08. The van der Waals surface area contributed by atoms with Crippen LogP contribution >= 0.6 is 11.8 Å². The zero-order valence-electron chi connectivity index (χ0n) is 18.9. The molecular formula is C27H23NO5S. The molecule has 34 heavy (non-hydrogen) atoms. The molecule has 0 aliphatic heterocycles. The van der Waals surface area contributed by atoms with E-state index >= 15 is 0 Å². The van der Waals surface area contributed by atoms with Crippen molar-refractivity contribution in [1.29, 1.82) is 0 Å². The van der Waals surface area contributed by atoms with Gasteiger partial charge in [0.25, 0.3) is 5.22 Å².